The minimum Gasteiger partial charge on any atom is -0.339 e. The fourth-order valence-electron chi connectivity index (χ4n) is 3.89. The number of para-hydroxylation sites is 1. The first-order chi connectivity index (χ1) is 11.6. The molecule has 0 radical (unpaired) electrons. The van der Waals surface area contributed by atoms with Gasteiger partial charge < -0.3 is 9.80 Å². The zero-order chi connectivity index (χ0) is 16.7. The molecule has 5 heteroatoms. The zero-order valence-electron chi connectivity index (χ0n) is 13.6. The van der Waals surface area contributed by atoms with E-state index in [9.17, 15) is 14.0 Å². The second kappa shape index (κ2) is 6.04. The van der Waals surface area contributed by atoms with Crippen molar-refractivity contribution >= 4 is 23.1 Å². The lowest BCUT2D eigenvalue weighted by Crippen LogP contribution is -2.41. The first-order valence-corrected chi connectivity index (χ1v) is 8.76. The van der Waals surface area contributed by atoms with Crippen molar-refractivity contribution in [2.75, 3.05) is 24.5 Å². The Hall–Kier alpha value is -2.17. The lowest BCUT2D eigenvalue weighted by atomic mass is 10.1. The van der Waals surface area contributed by atoms with E-state index in [1.165, 1.54) is 25.0 Å². The number of halogens is 1. The average molecular weight is 328 g/mol. The van der Waals surface area contributed by atoms with Gasteiger partial charge in [0.05, 0.1) is 11.3 Å². The van der Waals surface area contributed by atoms with E-state index >= 15 is 0 Å². The van der Waals surface area contributed by atoms with Gasteiger partial charge in [-0.3, -0.25) is 9.59 Å². The molecular weight excluding hydrogens is 307 g/mol. The second-order valence-corrected chi connectivity index (χ2v) is 6.94. The third kappa shape index (κ3) is 2.52. The number of hydrogen-bond donors (Lipinski definition) is 0. The normalized spacial score (nSPS) is 22.2. The molecule has 1 aliphatic carbocycles. The Morgan fingerprint density at radius 3 is 2.62 bits per heavy atom. The van der Waals surface area contributed by atoms with Gasteiger partial charge in [-0.1, -0.05) is 25.0 Å². The largest absolute Gasteiger partial charge is 0.339 e. The van der Waals surface area contributed by atoms with Crippen molar-refractivity contribution in [2.24, 2.45) is 5.92 Å². The smallest absolute Gasteiger partial charge is 0.259 e. The summed E-state index contributed by atoms with van der Waals surface area (Å²) in [5, 5.41) is 0. The number of benzene rings is 1. The Balaban J connectivity index is 1.68. The van der Waals surface area contributed by atoms with E-state index in [1.54, 1.807) is 21.9 Å². The van der Waals surface area contributed by atoms with Crippen LogP contribution in [0.4, 0.5) is 10.1 Å². The summed E-state index contributed by atoms with van der Waals surface area (Å²) in [7, 11) is 0. The SMILES string of the molecule is O=C(C=C1C(=O)N(CC2CCCC2)c2c(F)cccc21)N1CCC1. The Bertz CT molecular complexity index is 718. The molecule has 1 aromatic carbocycles. The van der Waals surface area contributed by atoms with Crippen molar-refractivity contribution in [1.29, 1.82) is 0 Å². The average Bonchev–Trinajstić information content (AvgIpc) is 3.09. The molecule has 0 spiro atoms. The highest BCUT2D eigenvalue weighted by atomic mass is 19.1. The van der Waals surface area contributed by atoms with Crippen LogP contribution in [0.3, 0.4) is 0 Å². The van der Waals surface area contributed by atoms with Crippen LogP contribution in [0.15, 0.2) is 24.3 Å². The van der Waals surface area contributed by atoms with Crippen LogP contribution in [0.5, 0.6) is 0 Å². The molecule has 126 valence electrons. The molecule has 4 nitrogen and oxygen atoms in total. The number of rotatable bonds is 3. The summed E-state index contributed by atoms with van der Waals surface area (Å²) in [4.78, 5) is 28.4. The molecule has 1 saturated heterocycles. The Morgan fingerprint density at radius 2 is 1.96 bits per heavy atom. The Kier molecular flexibility index (Phi) is 3.87. The lowest BCUT2D eigenvalue weighted by Gasteiger charge is -2.29. The molecule has 0 unspecified atom stereocenters. The maximum absolute atomic E-state index is 14.4. The quantitative estimate of drug-likeness (QED) is 0.801. The molecule has 24 heavy (non-hydrogen) atoms. The summed E-state index contributed by atoms with van der Waals surface area (Å²) in [5.41, 5.74) is 1.23. The first kappa shape index (κ1) is 15.4. The fraction of sp³-hybridized carbons (Fsp3) is 0.474. The minimum atomic E-state index is -0.390. The molecule has 1 aromatic rings. The van der Waals surface area contributed by atoms with Crippen LogP contribution in [-0.4, -0.2) is 36.3 Å². The van der Waals surface area contributed by atoms with E-state index in [2.05, 4.69) is 0 Å². The highest BCUT2D eigenvalue weighted by Crippen LogP contribution is 2.40. The number of anilines is 1. The summed E-state index contributed by atoms with van der Waals surface area (Å²) in [5.74, 6) is -0.358. The monoisotopic (exact) mass is 328 g/mol. The van der Waals surface area contributed by atoms with Gasteiger partial charge in [-0.2, -0.15) is 0 Å². The van der Waals surface area contributed by atoms with E-state index in [-0.39, 0.29) is 11.8 Å². The van der Waals surface area contributed by atoms with Crippen LogP contribution in [0, 0.1) is 11.7 Å². The lowest BCUT2D eigenvalue weighted by molar-refractivity contribution is -0.129. The second-order valence-electron chi connectivity index (χ2n) is 6.94. The molecule has 2 amide bonds. The molecule has 4 rings (SSSR count). The molecule has 0 atom stereocenters. The van der Waals surface area contributed by atoms with Gasteiger partial charge >= 0.3 is 0 Å². The third-order valence-electron chi connectivity index (χ3n) is 5.37. The molecule has 0 aromatic heterocycles. The molecule has 2 fully saturated rings. The van der Waals surface area contributed by atoms with Crippen LogP contribution >= 0.6 is 0 Å². The van der Waals surface area contributed by atoms with Gasteiger partial charge in [0, 0.05) is 31.3 Å². The summed E-state index contributed by atoms with van der Waals surface area (Å²) < 4.78 is 14.4. The van der Waals surface area contributed by atoms with Crippen molar-refractivity contribution in [2.45, 2.75) is 32.1 Å². The molecule has 2 aliphatic heterocycles. The van der Waals surface area contributed by atoms with E-state index in [1.807, 2.05) is 0 Å². The number of nitrogens with zero attached hydrogens (tertiary/aromatic N) is 2. The molecule has 0 bridgehead atoms. The Morgan fingerprint density at radius 1 is 1.21 bits per heavy atom. The molecule has 0 N–H and O–H groups in total. The number of likely N-dealkylation sites (tertiary alicyclic amines) is 1. The maximum Gasteiger partial charge on any atom is 0.259 e. The number of carbonyl (C=O) groups is 2. The van der Waals surface area contributed by atoms with E-state index in [0.717, 1.165) is 32.4 Å². The number of fused-ring (bicyclic) bond motifs is 1. The zero-order valence-corrected chi connectivity index (χ0v) is 13.6. The summed E-state index contributed by atoms with van der Waals surface area (Å²) in [6.45, 7) is 2.01. The number of amides is 2. The Labute approximate surface area is 140 Å². The van der Waals surface area contributed by atoms with E-state index in [0.29, 0.717) is 29.3 Å². The van der Waals surface area contributed by atoms with Crippen LogP contribution < -0.4 is 4.90 Å². The number of hydrogen-bond acceptors (Lipinski definition) is 2. The molecular formula is C19H21FN2O2. The van der Waals surface area contributed by atoms with Crippen LogP contribution in [0.1, 0.15) is 37.7 Å². The van der Waals surface area contributed by atoms with E-state index < -0.39 is 5.82 Å². The predicted octanol–water partition coefficient (Wildman–Crippen LogP) is 2.98. The van der Waals surface area contributed by atoms with Gasteiger partial charge in [-0.15, -0.1) is 0 Å². The van der Waals surface area contributed by atoms with Crippen molar-refractivity contribution in [1.82, 2.24) is 4.90 Å². The fourth-order valence-corrected chi connectivity index (χ4v) is 3.89. The summed E-state index contributed by atoms with van der Waals surface area (Å²) in [6, 6.07) is 4.72. The van der Waals surface area contributed by atoms with Gasteiger partial charge in [0.1, 0.15) is 5.82 Å². The standard InChI is InChI=1S/C19H21FN2O2/c20-16-8-3-7-14-15(11-17(23)21-9-4-10-21)19(24)22(18(14)16)12-13-5-1-2-6-13/h3,7-8,11,13H,1-2,4-6,9-10,12H2. The summed E-state index contributed by atoms with van der Waals surface area (Å²) >= 11 is 0. The van der Waals surface area contributed by atoms with Gasteiger partial charge in [-0.05, 0) is 31.2 Å². The minimum absolute atomic E-state index is 0.150. The van der Waals surface area contributed by atoms with Gasteiger partial charge in [0.2, 0.25) is 5.91 Å². The predicted molar refractivity (Wildman–Crippen MR) is 89.9 cm³/mol. The van der Waals surface area contributed by atoms with Crippen molar-refractivity contribution in [3.8, 4) is 0 Å². The van der Waals surface area contributed by atoms with Crippen LogP contribution in [0.25, 0.3) is 5.57 Å². The number of carbonyl (C=O) groups excluding carboxylic acids is 2. The van der Waals surface area contributed by atoms with Crippen molar-refractivity contribution in [3.63, 3.8) is 0 Å². The van der Waals surface area contributed by atoms with Gasteiger partial charge in [0.25, 0.3) is 5.91 Å². The maximum atomic E-state index is 14.4. The summed E-state index contributed by atoms with van der Waals surface area (Å²) in [6.07, 6.45) is 6.91. The molecule has 1 saturated carbocycles. The van der Waals surface area contributed by atoms with Gasteiger partial charge in [0.15, 0.2) is 0 Å². The highest BCUT2D eigenvalue weighted by molar-refractivity contribution is 6.34. The first-order valence-electron chi connectivity index (χ1n) is 8.76. The third-order valence-corrected chi connectivity index (χ3v) is 5.37. The van der Waals surface area contributed by atoms with Crippen molar-refractivity contribution < 1.29 is 14.0 Å². The topological polar surface area (TPSA) is 40.6 Å². The van der Waals surface area contributed by atoms with Gasteiger partial charge in [-0.25, -0.2) is 4.39 Å². The molecule has 2 heterocycles. The van der Waals surface area contributed by atoms with E-state index in [4.69, 9.17) is 0 Å². The highest BCUT2D eigenvalue weighted by Gasteiger charge is 2.37. The van der Waals surface area contributed by atoms with Crippen molar-refractivity contribution in [3.05, 3.63) is 35.7 Å². The van der Waals surface area contributed by atoms with Crippen LogP contribution in [-0.2, 0) is 9.59 Å². The van der Waals surface area contributed by atoms with Crippen LogP contribution in [0.2, 0.25) is 0 Å². The molecule has 3 aliphatic rings.